The summed E-state index contributed by atoms with van der Waals surface area (Å²) in [4.78, 5) is 17.5. The molecule has 0 aromatic rings. The minimum absolute atomic E-state index is 0.449. The van der Waals surface area contributed by atoms with E-state index in [9.17, 15) is 14.8 Å². The quantitative estimate of drug-likeness (QED) is 0.227. The molecule has 0 amide bonds. The van der Waals surface area contributed by atoms with E-state index in [1.165, 1.54) is 0 Å². The average Bonchev–Trinajstić information content (AvgIpc) is 2.41. The van der Waals surface area contributed by atoms with Gasteiger partial charge in [-0.3, -0.25) is 4.52 Å². The van der Waals surface area contributed by atoms with E-state index in [4.69, 9.17) is 34.6 Å². The zero-order valence-corrected chi connectivity index (χ0v) is 11.7. The van der Waals surface area contributed by atoms with Gasteiger partial charge in [0.15, 0.2) is 6.29 Å². The number of aliphatic hydroxyl groups excluding tert-OH is 5. The Kier molecular flexibility index (Phi) is 7.10. The van der Waals surface area contributed by atoms with Gasteiger partial charge in [0.05, 0.1) is 19.8 Å². The number of ether oxygens (including phenoxy) is 2. The van der Waals surface area contributed by atoms with Gasteiger partial charge in [0.2, 0.25) is 0 Å². The fourth-order valence-corrected chi connectivity index (χ4v) is 2.30. The Bertz CT molecular complexity index is 360. The fraction of sp³-hybridized carbons (Fsp3) is 1.00. The van der Waals surface area contributed by atoms with Crippen molar-refractivity contribution in [2.75, 3.05) is 19.8 Å². The molecular formula is C9H19O11P. The van der Waals surface area contributed by atoms with Crippen molar-refractivity contribution in [2.24, 2.45) is 0 Å². The summed E-state index contributed by atoms with van der Waals surface area (Å²) in [5, 5.41) is 46.4. The lowest BCUT2D eigenvalue weighted by Gasteiger charge is -2.41. The Morgan fingerprint density at radius 1 is 1.19 bits per heavy atom. The van der Waals surface area contributed by atoms with Gasteiger partial charge in [-0.15, -0.1) is 0 Å². The van der Waals surface area contributed by atoms with Gasteiger partial charge in [-0.05, 0) is 0 Å². The van der Waals surface area contributed by atoms with E-state index in [0.29, 0.717) is 0 Å². The molecule has 1 heterocycles. The van der Waals surface area contributed by atoms with Crippen LogP contribution in [0, 0.1) is 0 Å². The van der Waals surface area contributed by atoms with Crippen molar-refractivity contribution in [1.82, 2.24) is 0 Å². The summed E-state index contributed by atoms with van der Waals surface area (Å²) in [6.45, 7) is -1.79. The number of hydrogen-bond acceptors (Lipinski definition) is 9. The van der Waals surface area contributed by atoms with Crippen molar-refractivity contribution in [3.63, 3.8) is 0 Å². The van der Waals surface area contributed by atoms with Crippen LogP contribution in [-0.4, -0.2) is 91.9 Å². The van der Waals surface area contributed by atoms with Gasteiger partial charge in [-0.25, -0.2) is 4.57 Å². The highest BCUT2D eigenvalue weighted by atomic mass is 31.2. The molecule has 0 aromatic heterocycles. The number of rotatable bonds is 7. The predicted octanol–water partition coefficient (Wildman–Crippen LogP) is -3.73. The van der Waals surface area contributed by atoms with Gasteiger partial charge in [-0.2, -0.15) is 0 Å². The Labute approximate surface area is 119 Å². The molecule has 12 heteroatoms. The summed E-state index contributed by atoms with van der Waals surface area (Å²) >= 11 is 0. The molecule has 21 heavy (non-hydrogen) atoms. The first-order valence-electron chi connectivity index (χ1n) is 5.96. The molecule has 1 aliphatic heterocycles. The number of phosphoric ester groups is 1. The average molecular weight is 334 g/mol. The smallest absolute Gasteiger partial charge is 0.394 e. The maximum absolute atomic E-state index is 10.8. The van der Waals surface area contributed by atoms with Crippen LogP contribution in [0.15, 0.2) is 0 Å². The largest absolute Gasteiger partial charge is 0.470 e. The second kappa shape index (κ2) is 7.90. The molecule has 1 saturated heterocycles. The van der Waals surface area contributed by atoms with E-state index in [-0.39, 0.29) is 0 Å². The van der Waals surface area contributed by atoms with Crippen LogP contribution in [0.2, 0.25) is 0 Å². The number of aliphatic hydroxyl groups is 5. The Morgan fingerprint density at radius 2 is 1.81 bits per heavy atom. The maximum Gasteiger partial charge on any atom is 0.470 e. The zero-order chi connectivity index (χ0) is 16.2. The third-order valence-electron chi connectivity index (χ3n) is 2.74. The Morgan fingerprint density at radius 3 is 2.29 bits per heavy atom. The molecule has 0 aromatic carbocycles. The maximum atomic E-state index is 10.8. The fourth-order valence-electron chi connectivity index (χ4n) is 1.73. The molecule has 1 aliphatic rings. The van der Waals surface area contributed by atoms with Crippen LogP contribution in [0.4, 0.5) is 0 Å². The summed E-state index contributed by atoms with van der Waals surface area (Å²) in [6.07, 6.45) is -9.37. The van der Waals surface area contributed by atoms with Crippen molar-refractivity contribution in [3.05, 3.63) is 0 Å². The summed E-state index contributed by atoms with van der Waals surface area (Å²) < 4.78 is 25.1. The van der Waals surface area contributed by atoms with Gasteiger partial charge < -0.3 is 44.8 Å². The molecular weight excluding hydrogens is 315 g/mol. The molecule has 11 nitrogen and oxygen atoms in total. The van der Waals surface area contributed by atoms with Crippen molar-refractivity contribution >= 4 is 7.82 Å². The van der Waals surface area contributed by atoms with Gasteiger partial charge in [-0.1, -0.05) is 0 Å². The first-order chi connectivity index (χ1) is 9.69. The molecule has 0 radical (unpaired) electrons. The third kappa shape index (κ3) is 5.51. The second-order valence-electron chi connectivity index (χ2n) is 4.44. The summed E-state index contributed by atoms with van der Waals surface area (Å²) in [6, 6.07) is 0. The highest BCUT2D eigenvalue weighted by molar-refractivity contribution is 7.46. The van der Waals surface area contributed by atoms with Crippen LogP contribution < -0.4 is 0 Å². The first-order valence-corrected chi connectivity index (χ1v) is 7.49. The number of hydrogen-bond donors (Lipinski definition) is 7. The van der Waals surface area contributed by atoms with Crippen molar-refractivity contribution in [1.29, 1.82) is 0 Å². The molecule has 0 aliphatic carbocycles. The van der Waals surface area contributed by atoms with Gasteiger partial charge in [0, 0.05) is 0 Å². The minimum atomic E-state index is -5.02. The molecule has 0 spiro atoms. The van der Waals surface area contributed by atoms with E-state index >= 15 is 0 Å². The van der Waals surface area contributed by atoms with Crippen molar-refractivity contribution in [3.8, 4) is 0 Å². The van der Waals surface area contributed by atoms with E-state index in [0.717, 1.165) is 0 Å². The summed E-state index contributed by atoms with van der Waals surface area (Å²) in [5.41, 5.74) is 0. The molecule has 0 bridgehead atoms. The third-order valence-corrected chi connectivity index (χ3v) is 3.26. The molecule has 6 atom stereocenters. The zero-order valence-electron chi connectivity index (χ0n) is 10.8. The van der Waals surface area contributed by atoms with Crippen LogP contribution >= 0.6 is 7.82 Å². The van der Waals surface area contributed by atoms with Crippen molar-refractivity contribution in [2.45, 2.75) is 36.8 Å². The van der Waals surface area contributed by atoms with Gasteiger partial charge in [0.1, 0.15) is 30.5 Å². The SMILES string of the molecule is O=P(O)(O)O[C@H]1[C@@H](O)[C@@H](CO)O[C@@H](OCC(O)CO)[C@@H]1O. The standard InChI is InChI=1S/C9H19O11P/c10-1-4(12)3-18-9-7(14)8(20-21(15,16)17)6(13)5(2-11)19-9/h4-14H,1-3H2,(H2,15,16,17)/t4?,5-,6+,7-,8+,9-/m1/s1. The molecule has 7 N–H and O–H groups in total. The van der Waals surface area contributed by atoms with Crippen LogP contribution in [0.25, 0.3) is 0 Å². The van der Waals surface area contributed by atoms with Crippen LogP contribution in [-0.2, 0) is 18.6 Å². The van der Waals surface area contributed by atoms with E-state index in [2.05, 4.69) is 4.52 Å². The van der Waals surface area contributed by atoms with E-state index in [1.807, 2.05) is 0 Å². The lowest BCUT2D eigenvalue weighted by Crippen LogP contribution is -2.60. The molecule has 1 unspecified atom stereocenters. The molecule has 1 rings (SSSR count). The normalized spacial score (nSPS) is 35.7. The Hall–Kier alpha value is -0.170. The second-order valence-corrected chi connectivity index (χ2v) is 5.63. The van der Waals surface area contributed by atoms with Crippen LogP contribution in [0.1, 0.15) is 0 Å². The topological polar surface area (TPSA) is 186 Å². The van der Waals surface area contributed by atoms with E-state index in [1.54, 1.807) is 0 Å². The van der Waals surface area contributed by atoms with Crippen LogP contribution in [0.3, 0.4) is 0 Å². The van der Waals surface area contributed by atoms with E-state index < -0.39 is 64.5 Å². The van der Waals surface area contributed by atoms with Crippen molar-refractivity contribution < 1.29 is 53.9 Å². The highest BCUT2D eigenvalue weighted by Gasteiger charge is 2.48. The highest BCUT2D eigenvalue weighted by Crippen LogP contribution is 2.41. The van der Waals surface area contributed by atoms with Gasteiger partial charge >= 0.3 is 7.82 Å². The molecule has 126 valence electrons. The minimum Gasteiger partial charge on any atom is -0.394 e. The molecule has 1 fully saturated rings. The monoisotopic (exact) mass is 334 g/mol. The summed E-state index contributed by atoms with van der Waals surface area (Å²) in [5.74, 6) is 0. The summed E-state index contributed by atoms with van der Waals surface area (Å²) in [7, 11) is -5.02. The predicted molar refractivity (Wildman–Crippen MR) is 63.7 cm³/mol. The first kappa shape index (κ1) is 18.9. The lowest BCUT2D eigenvalue weighted by atomic mass is 9.99. The molecule has 0 saturated carbocycles. The lowest BCUT2D eigenvalue weighted by molar-refractivity contribution is -0.302. The van der Waals surface area contributed by atoms with Crippen LogP contribution in [0.5, 0.6) is 0 Å². The Balaban J connectivity index is 2.78. The number of phosphoric acid groups is 1. The van der Waals surface area contributed by atoms with Gasteiger partial charge in [0.25, 0.3) is 0 Å².